The first-order valence-corrected chi connectivity index (χ1v) is 11.7. The Kier molecular flexibility index (Phi) is 11.1. The molecule has 8 nitrogen and oxygen atoms in total. The van der Waals surface area contributed by atoms with Crippen LogP contribution in [0, 0.1) is 5.41 Å². The van der Waals surface area contributed by atoms with Crippen LogP contribution in [0.4, 0.5) is 0 Å². The Balaban J connectivity index is 2.86. The molecule has 0 radical (unpaired) electrons. The lowest BCUT2D eigenvalue weighted by Crippen LogP contribution is -2.60. The number of benzene rings is 1. The molecule has 0 unspecified atom stereocenters. The summed E-state index contributed by atoms with van der Waals surface area (Å²) in [5.41, 5.74) is -0.927. The van der Waals surface area contributed by atoms with Gasteiger partial charge in [0.1, 0.15) is 5.54 Å². The molecule has 1 aromatic carbocycles. The summed E-state index contributed by atoms with van der Waals surface area (Å²) in [5, 5.41) is 4.46. The number of hydrogen-bond acceptors (Lipinski definition) is 7. The van der Waals surface area contributed by atoms with Gasteiger partial charge in [-0.25, -0.2) is 4.79 Å². The van der Waals surface area contributed by atoms with Crippen LogP contribution in [-0.2, 0) is 35.3 Å². The molecule has 0 bridgehead atoms. The van der Waals surface area contributed by atoms with E-state index < -0.39 is 40.0 Å². The van der Waals surface area contributed by atoms with Crippen molar-refractivity contribution in [1.82, 2.24) is 10.6 Å². The molecule has 33 heavy (non-hydrogen) atoms. The summed E-state index contributed by atoms with van der Waals surface area (Å²) in [5.74, 6) is -1.63. The number of rotatable bonds is 11. The SMILES string of the molecule is CCOC(=O)[C@H](COCc1ccccc1)NC(=O)C(C)(C)NC(=O)[C@H](SC(C)=O)C(C)(C)C. The molecule has 2 N–H and O–H groups in total. The minimum absolute atomic E-state index is 0.0890. The van der Waals surface area contributed by atoms with Crippen molar-refractivity contribution in [3.63, 3.8) is 0 Å². The molecule has 2 amide bonds. The predicted octanol–water partition coefficient (Wildman–Crippen LogP) is 2.84. The Morgan fingerprint density at radius 2 is 1.64 bits per heavy atom. The van der Waals surface area contributed by atoms with Crippen molar-refractivity contribution in [1.29, 1.82) is 0 Å². The highest BCUT2D eigenvalue weighted by Gasteiger charge is 2.39. The maximum atomic E-state index is 13.0. The maximum Gasteiger partial charge on any atom is 0.331 e. The second-order valence-corrected chi connectivity index (χ2v) is 10.5. The lowest BCUT2D eigenvalue weighted by molar-refractivity contribution is -0.150. The first kappa shape index (κ1) is 28.6. The monoisotopic (exact) mass is 480 g/mol. The average molecular weight is 481 g/mol. The van der Waals surface area contributed by atoms with Gasteiger partial charge >= 0.3 is 5.97 Å². The third-order valence-corrected chi connectivity index (χ3v) is 6.07. The van der Waals surface area contributed by atoms with E-state index in [-0.39, 0.29) is 24.9 Å². The van der Waals surface area contributed by atoms with Crippen molar-refractivity contribution in [3.05, 3.63) is 35.9 Å². The van der Waals surface area contributed by atoms with Crippen LogP contribution >= 0.6 is 11.8 Å². The van der Waals surface area contributed by atoms with Crippen LogP contribution in [0.25, 0.3) is 0 Å². The van der Waals surface area contributed by atoms with Gasteiger partial charge in [0.2, 0.25) is 11.8 Å². The molecule has 0 heterocycles. The molecule has 1 rings (SSSR count). The van der Waals surface area contributed by atoms with E-state index in [0.717, 1.165) is 17.3 Å². The highest BCUT2D eigenvalue weighted by atomic mass is 32.2. The second-order valence-electron chi connectivity index (χ2n) is 9.25. The second kappa shape index (κ2) is 12.7. The molecule has 1 aromatic rings. The Bertz CT molecular complexity index is 820. The fraction of sp³-hybridized carbons (Fsp3) is 0.583. The van der Waals surface area contributed by atoms with E-state index in [9.17, 15) is 19.2 Å². The van der Waals surface area contributed by atoms with Gasteiger partial charge < -0.3 is 20.1 Å². The molecular weight excluding hydrogens is 444 g/mol. The molecule has 184 valence electrons. The van der Waals surface area contributed by atoms with Gasteiger partial charge in [-0.2, -0.15) is 0 Å². The number of nitrogens with one attached hydrogen (secondary N) is 2. The zero-order valence-electron chi connectivity index (χ0n) is 20.5. The molecule has 0 aliphatic rings. The Hall–Kier alpha value is -2.39. The molecule has 0 aliphatic heterocycles. The van der Waals surface area contributed by atoms with Gasteiger partial charge in [-0.15, -0.1) is 0 Å². The molecule has 0 aromatic heterocycles. The molecule has 2 atom stereocenters. The summed E-state index contributed by atoms with van der Waals surface area (Å²) in [6, 6.07) is 8.39. The van der Waals surface area contributed by atoms with Gasteiger partial charge in [0, 0.05) is 6.92 Å². The Morgan fingerprint density at radius 1 is 1.03 bits per heavy atom. The summed E-state index contributed by atoms with van der Waals surface area (Å²) in [7, 11) is 0. The average Bonchev–Trinajstić information content (AvgIpc) is 2.70. The predicted molar refractivity (Wildman–Crippen MR) is 128 cm³/mol. The number of thioether (sulfide) groups is 1. The summed E-state index contributed by atoms with van der Waals surface area (Å²) in [6.07, 6.45) is 0. The van der Waals surface area contributed by atoms with Crippen LogP contribution in [-0.4, -0.2) is 52.9 Å². The van der Waals surface area contributed by atoms with Gasteiger partial charge in [0.25, 0.3) is 0 Å². The summed E-state index contributed by atoms with van der Waals surface area (Å²) in [4.78, 5) is 49.9. The minimum atomic E-state index is -1.35. The molecule has 0 aliphatic carbocycles. The van der Waals surface area contributed by atoms with Crippen LogP contribution in [0.15, 0.2) is 30.3 Å². The highest BCUT2D eigenvalue weighted by molar-refractivity contribution is 8.14. The van der Waals surface area contributed by atoms with E-state index in [2.05, 4.69) is 10.6 Å². The maximum absolute atomic E-state index is 13.0. The highest BCUT2D eigenvalue weighted by Crippen LogP contribution is 2.31. The van der Waals surface area contributed by atoms with Crippen molar-refractivity contribution < 1.29 is 28.7 Å². The zero-order valence-corrected chi connectivity index (χ0v) is 21.3. The number of esters is 1. The molecule has 9 heteroatoms. The van der Waals surface area contributed by atoms with Crippen molar-refractivity contribution in [2.24, 2.45) is 5.41 Å². The van der Waals surface area contributed by atoms with E-state index in [0.29, 0.717) is 0 Å². The first-order valence-electron chi connectivity index (χ1n) is 10.9. The van der Waals surface area contributed by atoms with Crippen molar-refractivity contribution >= 4 is 34.7 Å². The largest absolute Gasteiger partial charge is 0.464 e. The minimum Gasteiger partial charge on any atom is -0.464 e. The van der Waals surface area contributed by atoms with Gasteiger partial charge in [-0.05, 0) is 31.7 Å². The number of carbonyl (C=O) groups is 4. The summed E-state index contributed by atoms with van der Waals surface area (Å²) in [6.45, 7) is 12.0. The third-order valence-electron chi connectivity index (χ3n) is 4.58. The molecule has 0 fully saturated rings. The molecular formula is C24H36N2O6S. The van der Waals surface area contributed by atoms with Crippen molar-refractivity contribution in [2.45, 2.75) is 71.9 Å². The summed E-state index contributed by atoms with van der Waals surface area (Å²) < 4.78 is 10.7. The van der Waals surface area contributed by atoms with Crippen LogP contribution in [0.2, 0.25) is 0 Å². The topological polar surface area (TPSA) is 111 Å². The number of ether oxygens (including phenoxy) is 2. The number of carbonyl (C=O) groups excluding carboxylic acids is 4. The van der Waals surface area contributed by atoms with Gasteiger partial charge in [0.05, 0.1) is 25.1 Å². The van der Waals surface area contributed by atoms with Crippen molar-refractivity contribution in [2.75, 3.05) is 13.2 Å². The van der Waals surface area contributed by atoms with Crippen LogP contribution in [0.3, 0.4) is 0 Å². The van der Waals surface area contributed by atoms with Crippen LogP contribution < -0.4 is 10.6 Å². The fourth-order valence-corrected chi connectivity index (χ4v) is 3.69. The molecule has 0 saturated heterocycles. The first-order chi connectivity index (χ1) is 15.3. The third kappa shape index (κ3) is 9.96. The van der Waals surface area contributed by atoms with E-state index in [1.54, 1.807) is 6.92 Å². The zero-order chi connectivity index (χ0) is 25.2. The van der Waals surface area contributed by atoms with Crippen LogP contribution in [0.5, 0.6) is 0 Å². The van der Waals surface area contributed by atoms with Gasteiger partial charge in [0.15, 0.2) is 11.2 Å². The van der Waals surface area contributed by atoms with E-state index in [1.165, 1.54) is 20.8 Å². The normalized spacial score (nSPS) is 13.5. The smallest absolute Gasteiger partial charge is 0.331 e. The number of hydrogen-bond donors (Lipinski definition) is 2. The van der Waals surface area contributed by atoms with E-state index in [4.69, 9.17) is 9.47 Å². The number of amides is 2. The Labute approximate surface area is 200 Å². The molecule has 0 saturated carbocycles. The van der Waals surface area contributed by atoms with Gasteiger partial charge in [-0.1, -0.05) is 62.9 Å². The summed E-state index contributed by atoms with van der Waals surface area (Å²) >= 11 is 0.925. The quantitative estimate of drug-likeness (QED) is 0.469. The lowest BCUT2D eigenvalue weighted by Gasteiger charge is -2.33. The van der Waals surface area contributed by atoms with Crippen LogP contribution in [0.1, 0.15) is 54.0 Å². The Morgan fingerprint density at radius 3 is 2.15 bits per heavy atom. The molecule has 0 spiro atoms. The van der Waals surface area contributed by atoms with E-state index >= 15 is 0 Å². The lowest BCUT2D eigenvalue weighted by atomic mass is 9.90. The standard InChI is InChI=1S/C24H36N2O6S/c1-8-32-21(29)18(15-31-14-17-12-10-9-11-13-17)25-22(30)24(6,7)26-20(28)19(23(3,4)5)33-16(2)27/h9-13,18-19H,8,14-15H2,1-7H3,(H,25,30)(H,26,28)/t18-,19-/m0/s1. The fourth-order valence-electron chi connectivity index (χ4n) is 2.84. The van der Waals surface area contributed by atoms with E-state index in [1.807, 2.05) is 51.1 Å². The van der Waals surface area contributed by atoms with Crippen molar-refractivity contribution in [3.8, 4) is 0 Å². The van der Waals surface area contributed by atoms with Gasteiger partial charge in [-0.3, -0.25) is 14.4 Å².